The van der Waals surface area contributed by atoms with Crippen molar-refractivity contribution in [2.75, 3.05) is 0 Å². The van der Waals surface area contributed by atoms with Crippen LogP contribution in [0, 0.1) is 13.1 Å². The molecule has 0 amide bonds. The molecule has 1 radical (unpaired) electrons. The molecule has 0 spiro atoms. The molecular weight excluding hydrogens is 613 g/mol. The first-order valence-corrected chi connectivity index (χ1v) is 11.1. The maximum Gasteiger partial charge on any atom is 0.120 e. The van der Waals surface area contributed by atoms with Crippen molar-refractivity contribution >= 4 is 11.3 Å². The van der Waals surface area contributed by atoms with Gasteiger partial charge < -0.3 is 14.1 Å². The predicted molar refractivity (Wildman–Crippen MR) is 133 cm³/mol. The average Bonchev–Trinajstić information content (AvgIpc) is 3.49. The van der Waals surface area contributed by atoms with Crippen LogP contribution in [0.5, 0.6) is 0 Å². The van der Waals surface area contributed by atoms with Crippen molar-refractivity contribution in [2.24, 2.45) is 7.05 Å². The van der Waals surface area contributed by atoms with E-state index in [1.807, 2.05) is 36.9 Å². The van der Waals surface area contributed by atoms with Gasteiger partial charge in [-0.3, -0.25) is 15.0 Å². The van der Waals surface area contributed by atoms with Crippen LogP contribution in [-0.4, -0.2) is 29.1 Å². The first-order chi connectivity index (χ1) is 16.7. The zero-order chi connectivity index (χ0) is 23.1. The summed E-state index contributed by atoms with van der Waals surface area (Å²) in [5.74, 6) is 1.53. The van der Waals surface area contributed by atoms with Crippen LogP contribution in [0.3, 0.4) is 0 Å². The monoisotopic (exact) mass is 634 g/mol. The molecular formula is C28H21IrN6-. The van der Waals surface area contributed by atoms with Crippen LogP contribution in [0.2, 0.25) is 0 Å². The van der Waals surface area contributed by atoms with Gasteiger partial charge >= 0.3 is 0 Å². The molecule has 0 atom stereocenters. The molecule has 0 N–H and O–H groups in total. The second kappa shape index (κ2) is 9.37. The maximum absolute atomic E-state index is 4.83. The smallest absolute Gasteiger partial charge is 0.120 e. The summed E-state index contributed by atoms with van der Waals surface area (Å²) in [5.41, 5.74) is 7.35. The maximum atomic E-state index is 4.83. The van der Waals surface area contributed by atoms with Gasteiger partial charge in [-0.1, -0.05) is 78.9 Å². The quantitative estimate of drug-likeness (QED) is 0.235. The molecule has 3 aromatic carbocycles. The minimum atomic E-state index is 0. The molecule has 3 heterocycles. The SMILES string of the molecule is Cc1nc2n[c-]c(-c3nccn3-c3c(-c4ccccc4)cccc3-c3ccccc3)nc2n1C.[Ir]. The number of rotatable bonds is 4. The number of aryl methyl sites for hydroxylation is 2. The number of nitrogens with zero attached hydrogens (tertiary/aromatic N) is 6. The molecule has 6 aromatic rings. The van der Waals surface area contributed by atoms with Crippen molar-refractivity contribution in [3.05, 3.63) is 103 Å². The molecule has 0 aliphatic carbocycles. The molecule has 7 heteroatoms. The molecule has 0 fully saturated rings. The van der Waals surface area contributed by atoms with E-state index in [4.69, 9.17) is 4.98 Å². The third-order valence-corrected chi connectivity index (χ3v) is 6.06. The number of imidazole rings is 2. The number of aromatic nitrogens is 6. The van der Waals surface area contributed by atoms with Gasteiger partial charge in [0.15, 0.2) is 0 Å². The normalized spacial score (nSPS) is 10.9. The van der Waals surface area contributed by atoms with Crippen LogP contribution in [0.4, 0.5) is 0 Å². The zero-order valence-corrected chi connectivity index (χ0v) is 21.6. The second-order valence-electron chi connectivity index (χ2n) is 8.10. The van der Waals surface area contributed by atoms with Gasteiger partial charge in [0.05, 0.1) is 23.0 Å². The summed E-state index contributed by atoms with van der Waals surface area (Å²) < 4.78 is 4.01. The Labute approximate surface area is 216 Å². The van der Waals surface area contributed by atoms with E-state index in [2.05, 4.69) is 92.4 Å². The number of hydrogen-bond donors (Lipinski definition) is 0. The first-order valence-electron chi connectivity index (χ1n) is 11.1. The molecule has 0 aliphatic rings. The minimum Gasteiger partial charge on any atom is -0.363 e. The van der Waals surface area contributed by atoms with E-state index >= 15 is 0 Å². The molecule has 173 valence electrons. The van der Waals surface area contributed by atoms with E-state index in [0.29, 0.717) is 22.8 Å². The third kappa shape index (κ3) is 3.99. The van der Waals surface area contributed by atoms with E-state index in [1.54, 1.807) is 6.20 Å². The van der Waals surface area contributed by atoms with Crippen molar-refractivity contribution in [3.63, 3.8) is 0 Å². The molecule has 35 heavy (non-hydrogen) atoms. The topological polar surface area (TPSA) is 61.4 Å². The number of hydrogen-bond acceptors (Lipinski definition) is 4. The molecule has 3 aromatic heterocycles. The Balaban J connectivity index is 0.00000253. The largest absolute Gasteiger partial charge is 0.363 e. The minimum absolute atomic E-state index is 0. The van der Waals surface area contributed by atoms with Gasteiger partial charge in [0.25, 0.3) is 0 Å². The van der Waals surface area contributed by atoms with E-state index in [1.165, 1.54) is 0 Å². The molecule has 0 saturated heterocycles. The number of fused-ring (bicyclic) bond motifs is 1. The van der Waals surface area contributed by atoms with Gasteiger partial charge in [-0.25, -0.2) is 0 Å². The van der Waals surface area contributed by atoms with Gasteiger partial charge in [0.1, 0.15) is 5.65 Å². The standard InChI is InChI=1S/C28H21N6.Ir/c1-19-31-26-28(33(19)2)32-24(18-30-26)27-29-16-17-34(27)25-22(20-10-5-3-6-11-20)14-9-15-23(25)21-12-7-4-8-13-21;/h3-17H,1-2H3;/q-1;. The summed E-state index contributed by atoms with van der Waals surface area (Å²) >= 11 is 0. The van der Waals surface area contributed by atoms with Crippen LogP contribution >= 0.6 is 0 Å². The van der Waals surface area contributed by atoms with Gasteiger partial charge in [0.2, 0.25) is 0 Å². The Hall–Kier alpha value is -3.93. The average molecular weight is 634 g/mol. The summed E-state index contributed by atoms with van der Waals surface area (Å²) in [6.45, 7) is 1.94. The third-order valence-electron chi connectivity index (χ3n) is 6.06. The van der Waals surface area contributed by atoms with E-state index in [9.17, 15) is 0 Å². The fourth-order valence-corrected chi connectivity index (χ4v) is 4.28. The van der Waals surface area contributed by atoms with Gasteiger partial charge in [-0.15, -0.1) is 0 Å². The summed E-state index contributed by atoms with van der Waals surface area (Å²) in [4.78, 5) is 18.4. The molecule has 0 unspecified atom stereocenters. The Bertz CT molecular complexity index is 1560. The fourth-order valence-electron chi connectivity index (χ4n) is 4.28. The van der Waals surface area contributed by atoms with Crippen molar-refractivity contribution < 1.29 is 20.1 Å². The first kappa shape index (κ1) is 22.8. The number of para-hydroxylation sites is 1. The van der Waals surface area contributed by atoms with Crippen molar-refractivity contribution in [1.29, 1.82) is 0 Å². The fraction of sp³-hybridized carbons (Fsp3) is 0.0714. The summed E-state index contributed by atoms with van der Waals surface area (Å²) in [5, 5.41) is 0. The summed E-state index contributed by atoms with van der Waals surface area (Å²) in [6, 6.07) is 27.2. The van der Waals surface area contributed by atoms with Crippen molar-refractivity contribution in [3.8, 4) is 39.5 Å². The predicted octanol–water partition coefficient (Wildman–Crippen LogP) is 5.66. The zero-order valence-electron chi connectivity index (χ0n) is 19.2. The Morgan fingerprint density at radius 1 is 0.771 bits per heavy atom. The molecule has 0 saturated carbocycles. The molecule has 0 bridgehead atoms. The molecule has 6 rings (SSSR count). The van der Waals surface area contributed by atoms with E-state index < -0.39 is 0 Å². The molecule has 6 nitrogen and oxygen atoms in total. The Kier molecular flexibility index (Phi) is 6.12. The van der Waals surface area contributed by atoms with Crippen LogP contribution in [0.15, 0.2) is 91.3 Å². The van der Waals surface area contributed by atoms with Crippen LogP contribution in [0.1, 0.15) is 5.82 Å². The van der Waals surface area contributed by atoms with Gasteiger partial charge in [0, 0.05) is 56.4 Å². The van der Waals surface area contributed by atoms with E-state index in [-0.39, 0.29) is 20.1 Å². The van der Waals surface area contributed by atoms with Crippen LogP contribution < -0.4 is 0 Å². The van der Waals surface area contributed by atoms with Crippen LogP contribution in [-0.2, 0) is 27.2 Å². The summed E-state index contributed by atoms with van der Waals surface area (Å²) in [6.07, 6.45) is 6.82. The molecule has 0 aliphatic heterocycles. The van der Waals surface area contributed by atoms with Gasteiger partial charge in [-0.2, -0.15) is 0 Å². The number of benzene rings is 3. The Morgan fingerprint density at radius 2 is 1.40 bits per heavy atom. The van der Waals surface area contributed by atoms with E-state index in [0.717, 1.165) is 33.8 Å². The van der Waals surface area contributed by atoms with Crippen molar-refractivity contribution in [1.82, 2.24) is 29.1 Å². The second-order valence-corrected chi connectivity index (χ2v) is 8.10. The summed E-state index contributed by atoms with van der Waals surface area (Å²) in [7, 11) is 1.94. The van der Waals surface area contributed by atoms with Crippen LogP contribution in [0.25, 0.3) is 50.8 Å². The van der Waals surface area contributed by atoms with Crippen molar-refractivity contribution in [2.45, 2.75) is 6.92 Å². The Morgan fingerprint density at radius 3 is 2.03 bits per heavy atom. The van der Waals surface area contributed by atoms with Gasteiger partial charge in [-0.05, 0) is 24.2 Å².